The zero-order chi connectivity index (χ0) is 9.90. The van der Waals surface area contributed by atoms with E-state index in [1.807, 2.05) is 0 Å². The number of rotatable bonds is 2. The number of esters is 1. The highest BCUT2D eigenvalue weighted by Gasteiger charge is 2.34. The molecule has 0 aliphatic carbocycles. The summed E-state index contributed by atoms with van der Waals surface area (Å²) in [6.07, 6.45) is 0.103. The van der Waals surface area contributed by atoms with Gasteiger partial charge < -0.3 is 14.2 Å². The van der Waals surface area contributed by atoms with Crippen molar-refractivity contribution < 1.29 is 19.0 Å². The van der Waals surface area contributed by atoms with Gasteiger partial charge in [-0.3, -0.25) is 0 Å². The van der Waals surface area contributed by atoms with Crippen LogP contribution in [-0.4, -0.2) is 31.1 Å². The molecule has 1 saturated heterocycles. The normalized spacial score (nSPS) is 26.8. The molecule has 0 bridgehead atoms. The molecule has 1 rings (SSSR count). The average molecular weight is 188 g/mol. The summed E-state index contributed by atoms with van der Waals surface area (Å²) in [4.78, 5) is 11.3. The molecule has 0 aromatic carbocycles. The molecular formula is C9H16O4. The van der Waals surface area contributed by atoms with Crippen LogP contribution in [0.15, 0.2) is 0 Å². The Morgan fingerprint density at radius 3 is 2.85 bits per heavy atom. The van der Waals surface area contributed by atoms with E-state index in [0.717, 1.165) is 0 Å². The first kappa shape index (κ1) is 10.5. The van der Waals surface area contributed by atoms with Crippen LogP contribution in [0.1, 0.15) is 27.2 Å². The van der Waals surface area contributed by atoms with Gasteiger partial charge in [0.15, 0.2) is 11.9 Å². The SMILES string of the molecule is CCOC(=O)[C@@H]1CCOC(C)(C)O1. The highest BCUT2D eigenvalue weighted by atomic mass is 16.7. The summed E-state index contributed by atoms with van der Waals surface area (Å²) >= 11 is 0. The number of carbonyl (C=O) groups is 1. The van der Waals surface area contributed by atoms with Crippen molar-refractivity contribution in [1.29, 1.82) is 0 Å². The first-order chi connectivity index (χ1) is 6.05. The van der Waals surface area contributed by atoms with E-state index in [9.17, 15) is 4.79 Å². The Balaban J connectivity index is 2.47. The Hall–Kier alpha value is -0.610. The van der Waals surface area contributed by atoms with Gasteiger partial charge in [0, 0.05) is 6.42 Å². The summed E-state index contributed by atoms with van der Waals surface area (Å²) in [5.41, 5.74) is 0. The van der Waals surface area contributed by atoms with E-state index in [4.69, 9.17) is 14.2 Å². The minimum absolute atomic E-state index is 0.293. The Morgan fingerprint density at radius 2 is 2.31 bits per heavy atom. The maximum Gasteiger partial charge on any atom is 0.335 e. The molecule has 13 heavy (non-hydrogen) atoms. The second kappa shape index (κ2) is 4.07. The molecule has 0 radical (unpaired) electrons. The average Bonchev–Trinajstić information content (AvgIpc) is 2.03. The first-order valence-corrected chi connectivity index (χ1v) is 4.53. The van der Waals surface area contributed by atoms with Crippen LogP contribution in [0.5, 0.6) is 0 Å². The quantitative estimate of drug-likeness (QED) is 0.608. The summed E-state index contributed by atoms with van der Waals surface area (Å²) < 4.78 is 15.5. The molecule has 1 heterocycles. The summed E-state index contributed by atoms with van der Waals surface area (Å²) in [5, 5.41) is 0. The van der Waals surface area contributed by atoms with Crippen molar-refractivity contribution in [2.45, 2.75) is 39.1 Å². The van der Waals surface area contributed by atoms with E-state index < -0.39 is 11.9 Å². The van der Waals surface area contributed by atoms with Gasteiger partial charge in [0.2, 0.25) is 0 Å². The number of hydrogen-bond acceptors (Lipinski definition) is 4. The van der Waals surface area contributed by atoms with Crippen molar-refractivity contribution >= 4 is 5.97 Å². The van der Waals surface area contributed by atoms with Crippen LogP contribution >= 0.6 is 0 Å². The molecule has 1 aliphatic rings. The third-order valence-electron chi connectivity index (χ3n) is 1.81. The lowest BCUT2D eigenvalue weighted by atomic mass is 10.2. The zero-order valence-corrected chi connectivity index (χ0v) is 8.33. The summed E-state index contributed by atoms with van der Waals surface area (Å²) in [6.45, 7) is 6.29. The fourth-order valence-corrected chi connectivity index (χ4v) is 1.25. The molecule has 4 heteroatoms. The van der Waals surface area contributed by atoms with Crippen LogP contribution in [0.2, 0.25) is 0 Å². The smallest absolute Gasteiger partial charge is 0.335 e. The van der Waals surface area contributed by atoms with Gasteiger partial charge in [0.1, 0.15) is 0 Å². The molecular weight excluding hydrogens is 172 g/mol. The Bertz CT molecular complexity index is 188. The second-order valence-corrected chi connectivity index (χ2v) is 3.40. The van der Waals surface area contributed by atoms with Crippen molar-refractivity contribution in [3.63, 3.8) is 0 Å². The minimum atomic E-state index is -0.671. The lowest BCUT2D eigenvalue weighted by Crippen LogP contribution is -2.43. The van der Waals surface area contributed by atoms with Crippen LogP contribution in [0.25, 0.3) is 0 Å². The molecule has 0 N–H and O–H groups in total. The van der Waals surface area contributed by atoms with Crippen molar-refractivity contribution in [3.8, 4) is 0 Å². The van der Waals surface area contributed by atoms with Gasteiger partial charge in [-0.1, -0.05) is 0 Å². The molecule has 1 aliphatic heterocycles. The fourth-order valence-electron chi connectivity index (χ4n) is 1.25. The van der Waals surface area contributed by atoms with Gasteiger partial charge in [-0.25, -0.2) is 4.79 Å². The maximum atomic E-state index is 11.3. The van der Waals surface area contributed by atoms with E-state index in [1.165, 1.54) is 0 Å². The Kier molecular flexibility index (Phi) is 3.27. The predicted octanol–water partition coefficient (Wildman–Crippen LogP) is 1.09. The summed E-state index contributed by atoms with van der Waals surface area (Å²) in [5.74, 6) is -0.964. The molecule has 0 saturated carbocycles. The molecule has 0 unspecified atom stereocenters. The lowest BCUT2D eigenvalue weighted by Gasteiger charge is -2.34. The summed E-state index contributed by atoms with van der Waals surface area (Å²) in [7, 11) is 0. The van der Waals surface area contributed by atoms with Crippen LogP contribution in [-0.2, 0) is 19.0 Å². The molecule has 0 aromatic heterocycles. The molecule has 76 valence electrons. The van der Waals surface area contributed by atoms with Gasteiger partial charge in [0.05, 0.1) is 13.2 Å². The second-order valence-electron chi connectivity index (χ2n) is 3.40. The fraction of sp³-hybridized carbons (Fsp3) is 0.889. The van der Waals surface area contributed by atoms with Gasteiger partial charge in [0.25, 0.3) is 0 Å². The van der Waals surface area contributed by atoms with Gasteiger partial charge in [-0.05, 0) is 20.8 Å². The maximum absolute atomic E-state index is 11.3. The minimum Gasteiger partial charge on any atom is -0.464 e. The first-order valence-electron chi connectivity index (χ1n) is 4.53. The Labute approximate surface area is 78.2 Å². The molecule has 0 spiro atoms. The standard InChI is InChI=1S/C9H16O4/c1-4-11-8(10)7-5-6-12-9(2,3)13-7/h7H,4-6H2,1-3H3/t7-/m0/s1. The highest BCUT2D eigenvalue weighted by Crippen LogP contribution is 2.22. The molecule has 0 aromatic rings. The monoisotopic (exact) mass is 188 g/mol. The Morgan fingerprint density at radius 1 is 1.62 bits per heavy atom. The van der Waals surface area contributed by atoms with Gasteiger partial charge in [-0.2, -0.15) is 0 Å². The largest absolute Gasteiger partial charge is 0.464 e. The van der Waals surface area contributed by atoms with Gasteiger partial charge >= 0.3 is 5.97 Å². The van der Waals surface area contributed by atoms with E-state index in [-0.39, 0.29) is 5.97 Å². The van der Waals surface area contributed by atoms with Crippen LogP contribution in [0.3, 0.4) is 0 Å². The van der Waals surface area contributed by atoms with Crippen LogP contribution in [0.4, 0.5) is 0 Å². The van der Waals surface area contributed by atoms with E-state index >= 15 is 0 Å². The van der Waals surface area contributed by atoms with E-state index in [0.29, 0.717) is 19.6 Å². The van der Waals surface area contributed by atoms with E-state index in [1.54, 1.807) is 20.8 Å². The number of ether oxygens (including phenoxy) is 3. The molecule has 0 amide bonds. The summed E-state index contributed by atoms with van der Waals surface area (Å²) in [6, 6.07) is 0. The van der Waals surface area contributed by atoms with Crippen molar-refractivity contribution in [3.05, 3.63) is 0 Å². The van der Waals surface area contributed by atoms with Crippen molar-refractivity contribution in [1.82, 2.24) is 0 Å². The van der Waals surface area contributed by atoms with E-state index in [2.05, 4.69) is 0 Å². The third-order valence-corrected chi connectivity index (χ3v) is 1.81. The topological polar surface area (TPSA) is 44.8 Å². The zero-order valence-electron chi connectivity index (χ0n) is 8.33. The van der Waals surface area contributed by atoms with Gasteiger partial charge in [-0.15, -0.1) is 0 Å². The lowest BCUT2D eigenvalue weighted by molar-refractivity contribution is -0.273. The van der Waals surface area contributed by atoms with Crippen LogP contribution < -0.4 is 0 Å². The molecule has 1 fully saturated rings. The third kappa shape index (κ3) is 2.97. The van der Waals surface area contributed by atoms with Crippen molar-refractivity contribution in [2.75, 3.05) is 13.2 Å². The highest BCUT2D eigenvalue weighted by molar-refractivity contribution is 5.74. The number of hydrogen-bond donors (Lipinski definition) is 0. The molecule has 1 atom stereocenters. The van der Waals surface area contributed by atoms with Crippen LogP contribution in [0, 0.1) is 0 Å². The van der Waals surface area contributed by atoms with Crippen molar-refractivity contribution in [2.24, 2.45) is 0 Å². The predicted molar refractivity (Wildman–Crippen MR) is 46.2 cm³/mol. The molecule has 4 nitrogen and oxygen atoms in total. The number of carbonyl (C=O) groups excluding carboxylic acids is 1.